The first kappa shape index (κ1) is 21.2. The van der Waals surface area contributed by atoms with Gasteiger partial charge in [-0.15, -0.1) is 0 Å². The minimum absolute atomic E-state index is 0.186. The normalized spacial score (nSPS) is 11.0. The minimum Gasteiger partial charge on any atom is -0.457 e. The molecule has 0 saturated heterocycles. The lowest BCUT2D eigenvalue weighted by Gasteiger charge is -2.09. The third kappa shape index (κ3) is 4.31. The van der Waals surface area contributed by atoms with Gasteiger partial charge in [-0.3, -0.25) is 23.8 Å². The molecule has 168 valence electrons. The Bertz CT molecular complexity index is 1590. The van der Waals surface area contributed by atoms with E-state index in [-0.39, 0.29) is 12.1 Å². The first-order chi connectivity index (χ1) is 16.5. The zero-order valence-electron chi connectivity index (χ0n) is 18.1. The maximum atomic E-state index is 13.4. The molecule has 3 aromatic heterocycles. The van der Waals surface area contributed by atoms with Crippen LogP contribution in [-0.4, -0.2) is 30.1 Å². The molecule has 3 heterocycles. The molecule has 5 aromatic rings. The van der Waals surface area contributed by atoms with Gasteiger partial charge in [-0.1, -0.05) is 12.1 Å². The summed E-state index contributed by atoms with van der Waals surface area (Å²) < 4.78 is 22.3. The second-order valence-electron chi connectivity index (χ2n) is 7.67. The third-order valence-corrected chi connectivity index (χ3v) is 5.22. The number of benzene rings is 2. The molecule has 0 radical (unpaired) electrons. The van der Waals surface area contributed by atoms with Crippen LogP contribution in [0.15, 0.2) is 84.3 Å². The van der Waals surface area contributed by atoms with Crippen LogP contribution in [0.25, 0.3) is 22.2 Å². The number of pyridine rings is 1. The van der Waals surface area contributed by atoms with E-state index in [0.717, 1.165) is 11.6 Å². The topological polar surface area (TPSA) is 91.9 Å². The summed E-state index contributed by atoms with van der Waals surface area (Å²) in [4.78, 5) is 34.2. The van der Waals surface area contributed by atoms with E-state index in [0.29, 0.717) is 28.1 Å². The number of aromatic nitrogens is 5. The number of nitrogens with zero attached hydrogens (tertiary/aromatic N) is 5. The van der Waals surface area contributed by atoms with Gasteiger partial charge < -0.3 is 4.74 Å². The predicted molar refractivity (Wildman–Crippen MR) is 123 cm³/mol. The van der Waals surface area contributed by atoms with Crippen molar-refractivity contribution in [1.82, 2.24) is 24.3 Å². The van der Waals surface area contributed by atoms with Crippen LogP contribution in [-0.2, 0) is 13.6 Å². The average molecular weight is 455 g/mol. The number of halogens is 1. The van der Waals surface area contributed by atoms with Gasteiger partial charge in [0.25, 0.3) is 5.56 Å². The Labute approximate surface area is 192 Å². The lowest BCUT2D eigenvalue weighted by molar-refractivity contribution is 0.0970. The molecule has 0 bridgehead atoms. The van der Waals surface area contributed by atoms with Gasteiger partial charge >= 0.3 is 0 Å². The van der Waals surface area contributed by atoms with Crippen LogP contribution in [0.4, 0.5) is 4.39 Å². The van der Waals surface area contributed by atoms with Crippen molar-refractivity contribution in [3.8, 4) is 22.8 Å². The molecule has 0 fully saturated rings. The molecule has 5 rings (SSSR count). The number of carbonyl (C=O) groups excluding carboxylic acids is 1. The van der Waals surface area contributed by atoms with Gasteiger partial charge in [0, 0.05) is 36.6 Å². The Morgan fingerprint density at radius 1 is 1.06 bits per heavy atom. The molecule has 34 heavy (non-hydrogen) atoms. The van der Waals surface area contributed by atoms with E-state index < -0.39 is 17.2 Å². The summed E-state index contributed by atoms with van der Waals surface area (Å²) in [6.45, 7) is -0.255. The van der Waals surface area contributed by atoms with Gasteiger partial charge in [0.15, 0.2) is 5.78 Å². The molecule has 0 aliphatic rings. The molecule has 0 unspecified atom stereocenters. The van der Waals surface area contributed by atoms with E-state index in [1.807, 2.05) is 13.2 Å². The number of rotatable bonds is 6. The molecular formula is C25H18FN5O3. The average Bonchev–Trinajstić information content (AvgIpc) is 3.28. The lowest BCUT2D eigenvalue weighted by Crippen LogP contribution is -2.24. The van der Waals surface area contributed by atoms with E-state index in [2.05, 4.69) is 15.1 Å². The number of fused-ring (bicyclic) bond motifs is 1. The van der Waals surface area contributed by atoms with Crippen LogP contribution in [0.1, 0.15) is 10.4 Å². The standard InChI is InChI=1S/C25H18FN5O3/c1-30-13-17(12-29-30)23-11-20(7-8-27-23)34-19-5-6-22-21(10-19)25(33)31(15-28-22)14-24(32)16-3-2-4-18(26)9-16/h2-13,15H,14H2,1H3. The third-order valence-electron chi connectivity index (χ3n) is 5.22. The quantitative estimate of drug-likeness (QED) is 0.359. The number of hydrogen-bond donors (Lipinski definition) is 0. The smallest absolute Gasteiger partial charge is 0.261 e. The van der Waals surface area contributed by atoms with Crippen LogP contribution < -0.4 is 10.3 Å². The van der Waals surface area contributed by atoms with E-state index in [9.17, 15) is 14.0 Å². The van der Waals surface area contributed by atoms with Gasteiger partial charge in [-0.25, -0.2) is 9.37 Å². The van der Waals surface area contributed by atoms with Crippen molar-refractivity contribution in [2.75, 3.05) is 0 Å². The Kier molecular flexibility index (Phi) is 5.43. The summed E-state index contributed by atoms with van der Waals surface area (Å²) in [7, 11) is 1.82. The van der Waals surface area contributed by atoms with Gasteiger partial charge in [-0.2, -0.15) is 5.10 Å². The van der Waals surface area contributed by atoms with E-state index in [1.54, 1.807) is 47.4 Å². The fourth-order valence-corrected chi connectivity index (χ4v) is 3.54. The first-order valence-electron chi connectivity index (χ1n) is 10.4. The maximum absolute atomic E-state index is 13.4. The molecule has 0 amide bonds. The fourth-order valence-electron chi connectivity index (χ4n) is 3.54. The van der Waals surface area contributed by atoms with Crippen molar-refractivity contribution in [1.29, 1.82) is 0 Å². The van der Waals surface area contributed by atoms with Gasteiger partial charge in [0.1, 0.15) is 17.3 Å². The zero-order chi connectivity index (χ0) is 23.7. The Balaban J connectivity index is 1.42. The van der Waals surface area contributed by atoms with Crippen molar-refractivity contribution in [3.05, 3.63) is 101 Å². The molecule has 9 heteroatoms. The number of ether oxygens (including phenoxy) is 1. The molecule has 0 N–H and O–H groups in total. The van der Waals surface area contributed by atoms with E-state index in [4.69, 9.17) is 4.74 Å². The van der Waals surface area contributed by atoms with Crippen LogP contribution in [0, 0.1) is 5.82 Å². The van der Waals surface area contributed by atoms with Gasteiger partial charge in [-0.05, 0) is 36.4 Å². The summed E-state index contributed by atoms with van der Waals surface area (Å²) in [5.41, 5.74) is 1.81. The van der Waals surface area contributed by atoms with Gasteiger partial charge in [0.2, 0.25) is 0 Å². The lowest BCUT2D eigenvalue weighted by atomic mass is 10.1. The number of hydrogen-bond acceptors (Lipinski definition) is 6. The van der Waals surface area contributed by atoms with Crippen molar-refractivity contribution >= 4 is 16.7 Å². The summed E-state index contributed by atoms with van der Waals surface area (Å²) in [6.07, 6.45) is 6.50. The minimum atomic E-state index is -0.514. The second-order valence-corrected chi connectivity index (χ2v) is 7.67. The summed E-state index contributed by atoms with van der Waals surface area (Å²) in [5.74, 6) is 0.0666. The number of ketones is 1. The Morgan fingerprint density at radius 2 is 1.91 bits per heavy atom. The van der Waals surface area contributed by atoms with Crippen molar-refractivity contribution in [3.63, 3.8) is 0 Å². The highest BCUT2D eigenvalue weighted by atomic mass is 19.1. The van der Waals surface area contributed by atoms with Crippen molar-refractivity contribution < 1.29 is 13.9 Å². The molecule has 0 aliphatic heterocycles. The maximum Gasteiger partial charge on any atom is 0.261 e. The molecular weight excluding hydrogens is 437 g/mol. The molecule has 0 atom stereocenters. The summed E-state index contributed by atoms with van der Waals surface area (Å²) in [5, 5.41) is 4.45. The van der Waals surface area contributed by atoms with Crippen LogP contribution >= 0.6 is 0 Å². The van der Waals surface area contributed by atoms with Crippen LogP contribution in [0.2, 0.25) is 0 Å². The van der Waals surface area contributed by atoms with Crippen LogP contribution in [0.3, 0.4) is 0 Å². The first-order valence-corrected chi connectivity index (χ1v) is 10.4. The second kappa shape index (κ2) is 8.70. The predicted octanol–water partition coefficient (Wildman–Crippen LogP) is 4.01. The number of aryl methyl sites for hydroxylation is 1. The number of Topliss-reactive ketones (excluding diaryl/α,β-unsaturated/α-hetero) is 1. The van der Waals surface area contributed by atoms with Crippen molar-refractivity contribution in [2.45, 2.75) is 6.54 Å². The molecule has 0 aliphatic carbocycles. The zero-order valence-corrected chi connectivity index (χ0v) is 18.1. The van der Waals surface area contributed by atoms with Gasteiger partial charge in [0.05, 0.1) is 35.7 Å². The van der Waals surface area contributed by atoms with Crippen molar-refractivity contribution in [2.24, 2.45) is 7.05 Å². The number of carbonyl (C=O) groups is 1. The summed E-state index contributed by atoms with van der Waals surface area (Å²) in [6, 6.07) is 13.8. The highest BCUT2D eigenvalue weighted by Crippen LogP contribution is 2.26. The molecule has 0 spiro atoms. The Hall–Kier alpha value is -4.66. The summed E-state index contributed by atoms with van der Waals surface area (Å²) >= 11 is 0. The van der Waals surface area contributed by atoms with E-state index in [1.165, 1.54) is 29.1 Å². The van der Waals surface area contributed by atoms with E-state index >= 15 is 0 Å². The molecule has 2 aromatic carbocycles. The highest BCUT2D eigenvalue weighted by molar-refractivity contribution is 5.96. The SMILES string of the molecule is Cn1cc(-c2cc(Oc3ccc4ncn(CC(=O)c5cccc(F)c5)c(=O)c4c3)ccn2)cn1. The highest BCUT2D eigenvalue weighted by Gasteiger charge is 2.12. The molecule has 0 saturated carbocycles. The Morgan fingerprint density at radius 3 is 2.71 bits per heavy atom. The monoisotopic (exact) mass is 455 g/mol. The fraction of sp³-hybridized carbons (Fsp3) is 0.0800. The van der Waals surface area contributed by atoms with Crippen LogP contribution in [0.5, 0.6) is 11.5 Å². The largest absolute Gasteiger partial charge is 0.457 e. The molecule has 8 nitrogen and oxygen atoms in total.